The minimum atomic E-state index is -1.08. The topological polar surface area (TPSA) is 145 Å². The zero-order chi connectivity index (χ0) is 31.2. The molecule has 1 radical (unpaired) electrons. The molecule has 0 aromatic heterocycles. The minimum Gasteiger partial charge on any atom is -0.550 e. The fraction of sp³-hybridized carbons (Fsp3) is 0.515. The number of aliphatic carboxylic acids is 2. The first-order chi connectivity index (χ1) is 18.8. The Morgan fingerprint density at radius 3 is 1.69 bits per heavy atom. The van der Waals surface area contributed by atoms with Crippen molar-refractivity contribution in [1.82, 2.24) is 0 Å². The van der Waals surface area contributed by atoms with Crippen LogP contribution < -0.4 is 10.2 Å². The standard InChI is InChI=1S/C29H38N2O2.2C2H4O2.Co/c1-27(2,3)22-7-9-24(32)20(14-22)17-30-26-13-19-11-12-29(26,16-19)31-18-21-15-23(28(4,5)6)8-10-25(21)33;2*1-2(3)4;/h7-10,14-15,17-19,26,32-33H,11-13,16H2,1-6H3;2*1H3,(H,3,4);/q;;;+2/p-2. The Hall–Kier alpha value is -3.17. The first kappa shape index (κ1) is 36.9. The third kappa shape index (κ3) is 10.6. The van der Waals surface area contributed by atoms with E-state index in [-0.39, 0.29) is 50.7 Å². The fourth-order valence-corrected chi connectivity index (χ4v) is 5.22. The number of fused-ring (bicyclic) bond motifs is 2. The smallest absolute Gasteiger partial charge is 0.550 e. The predicted molar refractivity (Wildman–Crippen MR) is 159 cm³/mol. The van der Waals surface area contributed by atoms with Crippen LogP contribution in [0.4, 0.5) is 0 Å². The Kier molecular flexibility index (Phi) is 13.0. The zero-order valence-electron chi connectivity index (χ0n) is 25.9. The summed E-state index contributed by atoms with van der Waals surface area (Å²) in [6.07, 6.45) is 7.97. The van der Waals surface area contributed by atoms with Gasteiger partial charge in [-0.3, -0.25) is 9.98 Å². The molecule has 3 atom stereocenters. The Morgan fingerprint density at radius 1 is 0.857 bits per heavy atom. The van der Waals surface area contributed by atoms with Crippen molar-refractivity contribution in [2.75, 3.05) is 0 Å². The molecular weight excluding hydrogens is 579 g/mol. The molecule has 2 fully saturated rings. The number of carbonyl (C=O) groups is 2. The van der Waals surface area contributed by atoms with Crippen molar-refractivity contribution >= 4 is 24.4 Å². The monoisotopic (exact) mass is 623 g/mol. The molecule has 0 heterocycles. The van der Waals surface area contributed by atoms with Crippen molar-refractivity contribution in [1.29, 1.82) is 0 Å². The summed E-state index contributed by atoms with van der Waals surface area (Å²) in [6, 6.07) is 11.7. The van der Waals surface area contributed by atoms with Crippen LogP contribution in [0.25, 0.3) is 0 Å². The number of hydrogen-bond acceptors (Lipinski definition) is 8. The molecule has 4 rings (SSSR count). The van der Waals surface area contributed by atoms with E-state index in [0.29, 0.717) is 5.92 Å². The number of rotatable bonds is 4. The Bertz CT molecular complexity index is 1270. The molecule has 2 saturated carbocycles. The third-order valence-corrected chi connectivity index (χ3v) is 7.45. The summed E-state index contributed by atoms with van der Waals surface area (Å²) in [5.41, 5.74) is 3.69. The number of carboxylic acids is 2. The van der Waals surface area contributed by atoms with Crippen molar-refractivity contribution in [2.45, 2.75) is 103 Å². The van der Waals surface area contributed by atoms with Gasteiger partial charge < -0.3 is 30.0 Å². The van der Waals surface area contributed by atoms with Crippen molar-refractivity contribution in [3.8, 4) is 11.5 Å². The molecular formula is C33H44CoN2O6. The number of phenolic OH excluding ortho intramolecular Hbond substituents is 2. The molecule has 231 valence electrons. The molecule has 2 aromatic rings. The molecule has 2 aliphatic rings. The fourth-order valence-electron chi connectivity index (χ4n) is 5.22. The van der Waals surface area contributed by atoms with Gasteiger partial charge >= 0.3 is 16.8 Å². The Balaban J connectivity index is 0.000000873. The van der Waals surface area contributed by atoms with E-state index in [1.807, 2.05) is 36.7 Å². The molecule has 2 aromatic carbocycles. The van der Waals surface area contributed by atoms with Gasteiger partial charge in [-0.05, 0) is 91.7 Å². The zero-order valence-corrected chi connectivity index (χ0v) is 26.9. The molecule has 42 heavy (non-hydrogen) atoms. The van der Waals surface area contributed by atoms with Gasteiger partial charge in [0.1, 0.15) is 11.5 Å². The largest absolute Gasteiger partial charge is 2.00 e. The summed E-state index contributed by atoms with van der Waals surface area (Å²) < 4.78 is 0. The molecule has 2 bridgehead atoms. The normalized spacial score (nSPS) is 21.2. The van der Waals surface area contributed by atoms with Gasteiger partial charge in [0.05, 0.1) is 11.6 Å². The van der Waals surface area contributed by atoms with Crippen molar-refractivity contribution in [3.05, 3.63) is 58.7 Å². The second-order valence-corrected chi connectivity index (χ2v) is 13.0. The number of aromatic hydroxyl groups is 2. The maximum atomic E-state index is 10.4. The number of carbonyl (C=O) groups excluding carboxylic acids is 2. The van der Waals surface area contributed by atoms with Crippen LogP contribution >= 0.6 is 0 Å². The van der Waals surface area contributed by atoms with Crippen LogP contribution in [0, 0.1) is 5.92 Å². The molecule has 3 unspecified atom stereocenters. The van der Waals surface area contributed by atoms with Gasteiger partial charge in [0.15, 0.2) is 0 Å². The van der Waals surface area contributed by atoms with Gasteiger partial charge in [-0.1, -0.05) is 53.7 Å². The molecule has 9 heteroatoms. The average molecular weight is 624 g/mol. The summed E-state index contributed by atoms with van der Waals surface area (Å²) in [7, 11) is 0. The molecule has 0 amide bonds. The van der Waals surface area contributed by atoms with Crippen LogP contribution in [-0.2, 0) is 37.2 Å². The molecule has 2 N–H and O–H groups in total. The summed E-state index contributed by atoms with van der Waals surface area (Å²) in [5.74, 6) is -0.996. The summed E-state index contributed by atoms with van der Waals surface area (Å²) in [5, 5.41) is 38.6. The Labute approximate surface area is 260 Å². The van der Waals surface area contributed by atoms with E-state index < -0.39 is 11.9 Å². The second-order valence-electron chi connectivity index (χ2n) is 13.0. The van der Waals surface area contributed by atoms with E-state index in [2.05, 4.69) is 41.5 Å². The molecule has 0 spiro atoms. The van der Waals surface area contributed by atoms with Crippen LogP contribution in [0.5, 0.6) is 11.5 Å². The molecule has 8 nitrogen and oxygen atoms in total. The van der Waals surface area contributed by atoms with Crippen molar-refractivity contribution < 1.29 is 46.8 Å². The van der Waals surface area contributed by atoms with Gasteiger partial charge in [-0.2, -0.15) is 0 Å². The van der Waals surface area contributed by atoms with Crippen LogP contribution in [-0.4, -0.2) is 46.2 Å². The number of nitrogens with zero attached hydrogens (tertiary/aromatic N) is 2. The number of benzene rings is 2. The number of carboxylic acid groups (broad SMARTS) is 2. The van der Waals surface area contributed by atoms with E-state index in [9.17, 15) is 10.2 Å². The van der Waals surface area contributed by atoms with Crippen LogP contribution in [0.1, 0.15) is 103 Å². The summed E-state index contributed by atoms with van der Waals surface area (Å²) in [4.78, 5) is 27.8. The maximum absolute atomic E-state index is 10.4. The average Bonchev–Trinajstić information content (AvgIpc) is 3.39. The van der Waals surface area contributed by atoms with E-state index in [1.54, 1.807) is 12.1 Å². The summed E-state index contributed by atoms with van der Waals surface area (Å²) >= 11 is 0. The first-order valence-corrected chi connectivity index (χ1v) is 13.9. The second kappa shape index (κ2) is 14.8. The molecule has 0 aliphatic heterocycles. The molecule has 0 saturated heterocycles. The van der Waals surface area contributed by atoms with E-state index in [1.165, 1.54) is 17.5 Å². The SMILES string of the molecule is CC(=O)[O-].CC(=O)[O-].CC(C)(C)c1ccc(O)c(C=NC2CC3CCC2(N=Cc2cc(C(C)(C)C)ccc2O)C3)c1.[Co+2]. The van der Waals surface area contributed by atoms with Gasteiger partial charge in [-0.15, -0.1) is 0 Å². The quantitative estimate of drug-likeness (QED) is 0.492. The number of hydrogen-bond donors (Lipinski definition) is 2. The maximum Gasteiger partial charge on any atom is 2.00 e. The van der Waals surface area contributed by atoms with Crippen molar-refractivity contribution in [2.24, 2.45) is 15.9 Å². The number of phenols is 2. The van der Waals surface area contributed by atoms with Crippen LogP contribution in [0.2, 0.25) is 0 Å². The van der Waals surface area contributed by atoms with Crippen molar-refractivity contribution in [3.63, 3.8) is 0 Å². The van der Waals surface area contributed by atoms with Gasteiger partial charge in [-0.25, -0.2) is 0 Å². The van der Waals surface area contributed by atoms with Gasteiger partial charge in [0.25, 0.3) is 0 Å². The Morgan fingerprint density at radius 2 is 1.29 bits per heavy atom. The van der Waals surface area contributed by atoms with Gasteiger partial charge in [0.2, 0.25) is 0 Å². The van der Waals surface area contributed by atoms with E-state index in [0.717, 1.165) is 44.2 Å². The third-order valence-electron chi connectivity index (χ3n) is 7.45. The van der Waals surface area contributed by atoms with E-state index >= 15 is 0 Å². The van der Waals surface area contributed by atoms with Crippen LogP contribution in [0.3, 0.4) is 0 Å². The number of aliphatic imine (C=N–C) groups is 2. The molecule has 2 aliphatic carbocycles. The van der Waals surface area contributed by atoms with E-state index in [4.69, 9.17) is 29.8 Å². The minimum absolute atomic E-state index is 0. The summed E-state index contributed by atoms with van der Waals surface area (Å²) in [6.45, 7) is 15.0. The van der Waals surface area contributed by atoms with Gasteiger partial charge in [0, 0.05) is 35.5 Å². The van der Waals surface area contributed by atoms with Crippen LogP contribution in [0.15, 0.2) is 46.4 Å². The predicted octanol–water partition coefficient (Wildman–Crippen LogP) is 4.05. The first-order valence-electron chi connectivity index (χ1n) is 13.9.